The smallest absolute Gasteiger partial charge is 0.225 e. The Morgan fingerprint density at radius 2 is 2.29 bits per heavy atom. The van der Waals surface area contributed by atoms with Crippen molar-refractivity contribution in [2.75, 3.05) is 13.1 Å². The predicted octanol–water partition coefficient (Wildman–Crippen LogP) is 0.131. The van der Waals surface area contributed by atoms with Crippen LogP contribution in [-0.4, -0.2) is 45.8 Å². The van der Waals surface area contributed by atoms with Gasteiger partial charge in [0.05, 0.1) is 18.1 Å². The van der Waals surface area contributed by atoms with E-state index in [0.717, 1.165) is 6.42 Å². The standard InChI is InChI=1S/C10H19NO3/c1-3-4-10(2,14)7-11-6-8(12)5-9(11)13/h8,12,14H,3-7H2,1-2H3. The van der Waals surface area contributed by atoms with Crippen LogP contribution in [0, 0.1) is 0 Å². The summed E-state index contributed by atoms with van der Waals surface area (Å²) in [4.78, 5) is 12.9. The average Bonchev–Trinajstić information content (AvgIpc) is 2.28. The van der Waals surface area contributed by atoms with Gasteiger partial charge in [0.1, 0.15) is 0 Å². The zero-order chi connectivity index (χ0) is 10.8. The molecule has 0 aromatic carbocycles. The number of carbonyl (C=O) groups is 1. The van der Waals surface area contributed by atoms with Gasteiger partial charge in [0.15, 0.2) is 0 Å². The first kappa shape index (κ1) is 11.5. The Labute approximate surface area is 84.5 Å². The molecule has 0 aromatic heterocycles. The number of rotatable bonds is 4. The van der Waals surface area contributed by atoms with Crippen LogP contribution in [0.5, 0.6) is 0 Å². The van der Waals surface area contributed by atoms with Crippen molar-refractivity contribution >= 4 is 5.91 Å². The maximum Gasteiger partial charge on any atom is 0.225 e. The Bertz CT molecular complexity index is 215. The first-order valence-electron chi connectivity index (χ1n) is 5.13. The summed E-state index contributed by atoms with van der Waals surface area (Å²) in [6, 6.07) is 0. The van der Waals surface area contributed by atoms with Crippen LogP contribution in [0.4, 0.5) is 0 Å². The van der Waals surface area contributed by atoms with Gasteiger partial charge in [-0.3, -0.25) is 4.79 Å². The molecule has 0 aromatic rings. The largest absolute Gasteiger partial charge is 0.391 e. The second kappa shape index (κ2) is 4.28. The quantitative estimate of drug-likeness (QED) is 0.679. The van der Waals surface area contributed by atoms with Crippen LogP contribution in [0.3, 0.4) is 0 Å². The van der Waals surface area contributed by atoms with Crippen LogP contribution in [0.25, 0.3) is 0 Å². The van der Waals surface area contributed by atoms with Gasteiger partial charge in [-0.05, 0) is 13.3 Å². The second-order valence-corrected chi connectivity index (χ2v) is 4.38. The Morgan fingerprint density at radius 3 is 2.71 bits per heavy atom. The molecule has 2 unspecified atom stereocenters. The fourth-order valence-corrected chi connectivity index (χ4v) is 1.93. The minimum absolute atomic E-state index is 0.0612. The number of β-amino-alcohol motifs (C(OH)–C–C–N with tert-alkyl or cyclic N) is 2. The van der Waals surface area contributed by atoms with E-state index >= 15 is 0 Å². The van der Waals surface area contributed by atoms with Gasteiger partial charge >= 0.3 is 0 Å². The third-order valence-corrected chi connectivity index (χ3v) is 2.51. The molecule has 1 aliphatic heterocycles. The van der Waals surface area contributed by atoms with E-state index in [1.165, 1.54) is 0 Å². The number of amides is 1. The third kappa shape index (κ3) is 2.96. The van der Waals surface area contributed by atoms with Crippen molar-refractivity contribution in [2.45, 2.75) is 44.8 Å². The van der Waals surface area contributed by atoms with E-state index in [9.17, 15) is 15.0 Å². The monoisotopic (exact) mass is 201 g/mol. The normalized spacial score (nSPS) is 26.7. The molecule has 1 saturated heterocycles. The Balaban J connectivity index is 2.47. The summed E-state index contributed by atoms with van der Waals surface area (Å²) >= 11 is 0. The van der Waals surface area contributed by atoms with Crippen LogP contribution < -0.4 is 0 Å². The third-order valence-electron chi connectivity index (χ3n) is 2.51. The predicted molar refractivity (Wildman–Crippen MR) is 52.7 cm³/mol. The topological polar surface area (TPSA) is 60.8 Å². The van der Waals surface area contributed by atoms with Crippen LogP contribution in [0.1, 0.15) is 33.1 Å². The van der Waals surface area contributed by atoms with Gasteiger partial charge in [-0.1, -0.05) is 13.3 Å². The number of hydrogen-bond acceptors (Lipinski definition) is 3. The minimum Gasteiger partial charge on any atom is -0.391 e. The number of likely N-dealkylation sites (tertiary alicyclic amines) is 1. The fourth-order valence-electron chi connectivity index (χ4n) is 1.93. The van der Waals surface area contributed by atoms with E-state index in [2.05, 4.69) is 0 Å². The van der Waals surface area contributed by atoms with Gasteiger partial charge in [-0.25, -0.2) is 0 Å². The molecule has 1 heterocycles. The van der Waals surface area contributed by atoms with E-state index in [-0.39, 0.29) is 12.3 Å². The summed E-state index contributed by atoms with van der Waals surface area (Å²) in [5.41, 5.74) is -0.825. The molecule has 4 heteroatoms. The van der Waals surface area contributed by atoms with E-state index in [0.29, 0.717) is 19.5 Å². The lowest BCUT2D eigenvalue weighted by Crippen LogP contribution is -2.41. The lowest BCUT2D eigenvalue weighted by Gasteiger charge is -2.28. The van der Waals surface area contributed by atoms with E-state index in [1.807, 2.05) is 6.92 Å². The lowest BCUT2D eigenvalue weighted by atomic mass is 10.0. The summed E-state index contributed by atoms with van der Waals surface area (Å²) in [5, 5.41) is 19.2. The molecule has 2 N–H and O–H groups in total. The van der Waals surface area contributed by atoms with Crippen LogP contribution in [-0.2, 0) is 4.79 Å². The Kier molecular flexibility index (Phi) is 3.50. The van der Waals surface area contributed by atoms with Crippen molar-refractivity contribution in [3.05, 3.63) is 0 Å². The van der Waals surface area contributed by atoms with Crippen molar-refractivity contribution in [1.29, 1.82) is 0 Å². The highest BCUT2D eigenvalue weighted by Gasteiger charge is 2.32. The average molecular weight is 201 g/mol. The van der Waals surface area contributed by atoms with Crippen molar-refractivity contribution in [3.8, 4) is 0 Å². The van der Waals surface area contributed by atoms with Gasteiger partial charge < -0.3 is 15.1 Å². The molecule has 0 spiro atoms. The molecular formula is C10H19NO3. The number of nitrogens with zero attached hydrogens (tertiary/aromatic N) is 1. The first-order valence-corrected chi connectivity index (χ1v) is 5.13. The highest BCUT2D eigenvalue weighted by molar-refractivity contribution is 5.79. The summed E-state index contributed by atoms with van der Waals surface area (Å²) in [6.07, 6.45) is 1.20. The van der Waals surface area contributed by atoms with Gasteiger partial charge in [0, 0.05) is 13.1 Å². The first-order chi connectivity index (χ1) is 6.44. The highest BCUT2D eigenvalue weighted by atomic mass is 16.3. The van der Waals surface area contributed by atoms with Crippen molar-refractivity contribution in [1.82, 2.24) is 4.90 Å². The number of aliphatic hydroxyl groups is 2. The Morgan fingerprint density at radius 1 is 1.64 bits per heavy atom. The number of carbonyl (C=O) groups excluding carboxylic acids is 1. The van der Waals surface area contributed by atoms with Gasteiger partial charge in [0.2, 0.25) is 5.91 Å². The SMILES string of the molecule is CCCC(C)(O)CN1CC(O)CC1=O. The maximum atomic E-state index is 11.3. The summed E-state index contributed by atoms with van der Waals surface area (Å²) in [5.74, 6) is -0.0612. The molecule has 4 nitrogen and oxygen atoms in total. The van der Waals surface area contributed by atoms with Crippen molar-refractivity contribution in [3.63, 3.8) is 0 Å². The van der Waals surface area contributed by atoms with E-state index < -0.39 is 11.7 Å². The molecule has 0 radical (unpaired) electrons. The van der Waals surface area contributed by atoms with Crippen LogP contribution >= 0.6 is 0 Å². The molecule has 1 fully saturated rings. The zero-order valence-electron chi connectivity index (χ0n) is 8.86. The zero-order valence-corrected chi connectivity index (χ0v) is 8.86. The number of aliphatic hydroxyl groups excluding tert-OH is 1. The van der Waals surface area contributed by atoms with E-state index in [4.69, 9.17) is 0 Å². The maximum absolute atomic E-state index is 11.3. The molecule has 14 heavy (non-hydrogen) atoms. The molecular weight excluding hydrogens is 182 g/mol. The molecule has 0 bridgehead atoms. The molecule has 0 aliphatic carbocycles. The second-order valence-electron chi connectivity index (χ2n) is 4.38. The summed E-state index contributed by atoms with van der Waals surface area (Å²) < 4.78 is 0. The molecule has 82 valence electrons. The summed E-state index contributed by atoms with van der Waals surface area (Å²) in [7, 11) is 0. The molecule has 1 aliphatic rings. The van der Waals surface area contributed by atoms with Gasteiger partial charge in [0.25, 0.3) is 0 Å². The minimum atomic E-state index is -0.825. The highest BCUT2D eigenvalue weighted by Crippen LogP contribution is 2.18. The summed E-state index contributed by atoms with van der Waals surface area (Å²) in [6.45, 7) is 4.42. The molecule has 2 atom stereocenters. The van der Waals surface area contributed by atoms with Crippen molar-refractivity contribution < 1.29 is 15.0 Å². The Hall–Kier alpha value is -0.610. The molecule has 1 rings (SSSR count). The van der Waals surface area contributed by atoms with Gasteiger partial charge in [-0.2, -0.15) is 0 Å². The molecule has 0 saturated carbocycles. The van der Waals surface area contributed by atoms with Crippen LogP contribution in [0.2, 0.25) is 0 Å². The van der Waals surface area contributed by atoms with Crippen molar-refractivity contribution in [2.24, 2.45) is 0 Å². The van der Waals surface area contributed by atoms with E-state index in [1.54, 1.807) is 11.8 Å². The number of hydrogen-bond donors (Lipinski definition) is 2. The molecule has 1 amide bonds. The van der Waals surface area contributed by atoms with Crippen LogP contribution in [0.15, 0.2) is 0 Å². The lowest BCUT2D eigenvalue weighted by molar-refractivity contribution is -0.130. The fraction of sp³-hybridized carbons (Fsp3) is 0.900. The van der Waals surface area contributed by atoms with Gasteiger partial charge in [-0.15, -0.1) is 0 Å².